The van der Waals surface area contributed by atoms with Gasteiger partial charge in [0, 0.05) is 23.6 Å². The zero-order chi connectivity index (χ0) is 11.8. The van der Waals surface area contributed by atoms with Crippen molar-refractivity contribution in [2.75, 3.05) is 23.7 Å². The molecule has 0 aliphatic carbocycles. The van der Waals surface area contributed by atoms with Crippen LogP contribution < -0.4 is 4.90 Å². The average molecular weight is 256 g/mol. The van der Waals surface area contributed by atoms with Crippen molar-refractivity contribution in [3.63, 3.8) is 0 Å². The third-order valence-electron chi connectivity index (χ3n) is 2.62. The fraction of sp³-hybridized carbons (Fsp3) is 0.636. The number of anilines is 1. The van der Waals surface area contributed by atoms with Gasteiger partial charge in [-0.2, -0.15) is 11.8 Å². The van der Waals surface area contributed by atoms with Gasteiger partial charge in [-0.15, -0.1) is 0 Å². The SMILES string of the molecule is Cc1nc(N2CCSC(C)(C)C2)sc1C=O. The maximum atomic E-state index is 10.8. The molecule has 88 valence electrons. The van der Waals surface area contributed by atoms with Crippen LogP contribution in [0.25, 0.3) is 0 Å². The maximum absolute atomic E-state index is 10.8. The van der Waals surface area contributed by atoms with Crippen molar-refractivity contribution in [3.8, 4) is 0 Å². The maximum Gasteiger partial charge on any atom is 0.186 e. The summed E-state index contributed by atoms with van der Waals surface area (Å²) >= 11 is 3.51. The Morgan fingerprint density at radius 2 is 2.25 bits per heavy atom. The van der Waals surface area contributed by atoms with E-state index in [-0.39, 0.29) is 4.75 Å². The van der Waals surface area contributed by atoms with Crippen molar-refractivity contribution >= 4 is 34.5 Å². The summed E-state index contributed by atoms with van der Waals surface area (Å²) in [5.41, 5.74) is 0.853. The van der Waals surface area contributed by atoms with Gasteiger partial charge in [-0.25, -0.2) is 4.98 Å². The van der Waals surface area contributed by atoms with E-state index in [4.69, 9.17) is 0 Å². The highest BCUT2D eigenvalue weighted by atomic mass is 32.2. The number of thiazole rings is 1. The molecule has 1 aliphatic heterocycles. The summed E-state index contributed by atoms with van der Waals surface area (Å²) in [5, 5.41) is 0.993. The number of carbonyl (C=O) groups is 1. The number of nitrogens with zero attached hydrogens (tertiary/aromatic N) is 2. The largest absolute Gasteiger partial charge is 0.346 e. The molecule has 0 radical (unpaired) electrons. The average Bonchev–Trinajstić information content (AvgIpc) is 2.58. The molecule has 0 N–H and O–H groups in total. The zero-order valence-corrected chi connectivity index (χ0v) is 11.5. The normalized spacial score (nSPS) is 19.8. The number of hydrogen-bond donors (Lipinski definition) is 0. The van der Waals surface area contributed by atoms with Crippen LogP contribution in [-0.2, 0) is 0 Å². The van der Waals surface area contributed by atoms with E-state index in [0.29, 0.717) is 0 Å². The number of rotatable bonds is 2. The second-order valence-electron chi connectivity index (χ2n) is 4.59. The van der Waals surface area contributed by atoms with Crippen molar-refractivity contribution in [1.29, 1.82) is 0 Å². The first-order valence-electron chi connectivity index (χ1n) is 5.33. The first kappa shape index (κ1) is 11.9. The molecule has 3 nitrogen and oxygen atoms in total. The van der Waals surface area contributed by atoms with Gasteiger partial charge in [0.1, 0.15) is 0 Å². The van der Waals surface area contributed by atoms with Gasteiger partial charge in [0.15, 0.2) is 11.4 Å². The topological polar surface area (TPSA) is 33.2 Å². The Balaban J connectivity index is 2.20. The van der Waals surface area contributed by atoms with Crippen LogP contribution in [0.15, 0.2) is 0 Å². The van der Waals surface area contributed by atoms with Crippen LogP contribution >= 0.6 is 23.1 Å². The standard InChI is InChI=1S/C11H16N2OS2/c1-8-9(6-14)16-10(12-8)13-4-5-15-11(2,3)7-13/h6H,4-5,7H2,1-3H3. The van der Waals surface area contributed by atoms with Crippen LogP contribution in [-0.4, -0.2) is 34.9 Å². The van der Waals surface area contributed by atoms with Crippen molar-refractivity contribution in [1.82, 2.24) is 4.98 Å². The molecule has 2 heterocycles. The molecular formula is C11H16N2OS2. The molecule has 1 fully saturated rings. The number of hydrogen-bond acceptors (Lipinski definition) is 5. The predicted molar refractivity (Wildman–Crippen MR) is 71.0 cm³/mol. The van der Waals surface area contributed by atoms with Crippen LogP contribution in [0.3, 0.4) is 0 Å². The van der Waals surface area contributed by atoms with Crippen LogP contribution in [0.4, 0.5) is 5.13 Å². The fourth-order valence-corrected chi connectivity index (χ4v) is 3.83. The molecule has 0 amide bonds. The van der Waals surface area contributed by atoms with Gasteiger partial charge in [0.05, 0.1) is 10.6 Å². The number of aromatic nitrogens is 1. The Labute approximate surface area is 104 Å². The quantitative estimate of drug-likeness (QED) is 0.762. The van der Waals surface area contributed by atoms with Crippen LogP contribution in [0, 0.1) is 6.92 Å². The predicted octanol–water partition coefficient (Wildman–Crippen LogP) is 2.60. The molecule has 0 saturated carbocycles. The van der Waals surface area contributed by atoms with E-state index >= 15 is 0 Å². The van der Waals surface area contributed by atoms with E-state index in [0.717, 1.165) is 40.8 Å². The minimum Gasteiger partial charge on any atom is -0.346 e. The highest BCUT2D eigenvalue weighted by Crippen LogP contribution is 2.34. The molecule has 0 atom stereocenters. The number of aldehydes is 1. The Morgan fingerprint density at radius 1 is 1.50 bits per heavy atom. The number of thioether (sulfide) groups is 1. The molecule has 1 aliphatic rings. The third-order valence-corrected chi connectivity index (χ3v) is 5.07. The van der Waals surface area contributed by atoms with Crippen molar-refractivity contribution in [2.24, 2.45) is 0 Å². The van der Waals surface area contributed by atoms with E-state index in [1.165, 1.54) is 11.3 Å². The van der Waals surface area contributed by atoms with Crippen LogP contribution in [0.1, 0.15) is 29.2 Å². The van der Waals surface area contributed by atoms with Gasteiger partial charge < -0.3 is 4.90 Å². The Morgan fingerprint density at radius 3 is 2.81 bits per heavy atom. The summed E-state index contributed by atoms with van der Waals surface area (Å²) in [6, 6.07) is 0. The summed E-state index contributed by atoms with van der Waals surface area (Å²) in [6.45, 7) is 8.44. The van der Waals surface area contributed by atoms with Gasteiger partial charge in [0.2, 0.25) is 0 Å². The lowest BCUT2D eigenvalue weighted by molar-refractivity contribution is 0.112. The summed E-state index contributed by atoms with van der Waals surface area (Å²) in [4.78, 5) is 18.3. The molecule has 5 heteroatoms. The van der Waals surface area contributed by atoms with Gasteiger partial charge in [-0.05, 0) is 20.8 Å². The van der Waals surface area contributed by atoms with Gasteiger partial charge >= 0.3 is 0 Å². The van der Waals surface area contributed by atoms with Crippen LogP contribution in [0.5, 0.6) is 0 Å². The molecule has 2 rings (SSSR count). The van der Waals surface area contributed by atoms with E-state index in [2.05, 4.69) is 23.7 Å². The van der Waals surface area contributed by atoms with E-state index in [9.17, 15) is 4.79 Å². The van der Waals surface area contributed by atoms with Crippen molar-refractivity contribution < 1.29 is 4.79 Å². The summed E-state index contributed by atoms with van der Waals surface area (Å²) < 4.78 is 0.277. The second-order valence-corrected chi connectivity index (χ2v) is 7.40. The van der Waals surface area contributed by atoms with Crippen LogP contribution in [0.2, 0.25) is 0 Å². The number of aryl methyl sites for hydroxylation is 1. The molecule has 0 unspecified atom stereocenters. The zero-order valence-electron chi connectivity index (χ0n) is 9.82. The molecule has 0 aromatic carbocycles. The molecule has 0 bridgehead atoms. The first-order chi connectivity index (χ1) is 7.52. The third kappa shape index (κ3) is 2.40. The summed E-state index contributed by atoms with van der Waals surface area (Å²) in [6.07, 6.45) is 0.903. The van der Waals surface area contributed by atoms with Gasteiger partial charge in [-0.1, -0.05) is 11.3 Å². The minimum atomic E-state index is 0.277. The van der Waals surface area contributed by atoms with E-state index in [1.807, 2.05) is 18.7 Å². The van der Waals surface area contributed by atoms with Crippen molar-refractivity contribution in [3.05, 3.63) is 10.6 Å². The molecule has 16 heavy (non-hydrogen) atoms. The minimum absolute atomic E-state index is 0.277. The fourth-order valence-electron chi connectivity index (χ4n) is 1.82. The lowest BCUT2D eigenvalue weighted by atomic mass is 10.2. The van der Waals surface area contributed by atoms with E-state index in [1.54, 1.807) is 0 Å². The van der Waals surface area contributed by atoms with Crippen molar-refractivity contribution in [2.45, 2.75) is 25.5 Å². The highest BCUT2D eigenvalue weighted by Gasteiger charge is 2.28. The Kier molecular flexibility index (Phi) is 3.26. The van der Waals surface area contributed by atoms with E-state index < -0.39 is 0 Å². The summed E-state index contributed by atoms with van der Waals surface area (Å²) in [5.74, 6) is 1.13. The Hall–Kier alpha value is -0.550. The molecule has 1 aromatic rings. The lowest BCUT2D eigenvalue weighted by Gasteiger charge is -2.37. The van der Waals surface area contributed by atoms with Gasteiger partial charge in [0.25, 0.3) is 0 Å². The highest BCUT2D eigenvalue weighted by molar-refractivity contribution is 8.00. The lowest BCUT2D eigenvalue weighted by Crippen LogP contribution is -2.43. The molecular weight excluding hydrogens is 240 g/mol. The monoisotopic (exact) mass is 256 g/mol. The second kappa shape index (κ2) is 4.37. The number of carbonyl (C=O) groups excluding carboxylic acids is 1. The molecule has 1 aromatic heterocycles. The smallest absolute Gasteiger partial charge is 0.186 e. The molecule has 1 saturated heterocycles. The summed E-state index contributed by atoms with van der Waals surface area (Å²) in [7, 11) is 0. The molecule has 0 spiro atoms. The first-order valence-corrected chi connectivity index (χ1v) is 7.13. The Bertz CT molecular complexity index is 401. The van der Waals surface area contributed by atoms with Gasteiger partial charge in [-0.3, -0.25) is 4.79 Å².